The second-order valence-electron chi connectivity index (χ2n) is 4.79. The summed E-state index contributed by atoms with van der Waals surface area (Å²) in [5.74, 6) is -1.31. The lowest BCUT2D eigenvalue weighted by Crippen LogP contribution is -2.32. The molecule has 23 heavy (non-hydrogen) atoms. The van der Waals surface area contributed by atoms with Crippen LogP contribution in [0.25, 0.3) is 11.4 Å². The Morgan fingerprint density at radius 2 is 1.65 bits per heavy atom. The van der Waals surface area contributed by atoms with Crippen molar-refractivity contribution in [2.75, 3.05) is 0 Å². The second-order valence-corrected chi connectivity index (χ2v) is 4.79. The van der Waals surface area contributed by atoms with Gasteiger partial charge in [-0.05, 0) is 5.56 Å². The van der Waals surface area contributed by atoms with Crippen LogP contribution in [0.5, 0.6) is 0 Å². The second kappa shape index (κ2) is 6.26. The normalized spacial score (nSPS) is 14.2. The molecule has 0 N–H and O–H groups in total. The van der Waals surface area contributed by atoms with Crippen LogP contribution in [-0.4, -0.2) is 43.2 Å². The highest BCUT2D eigenvalue weighted by atomic mass is 16.7. The van der Waals surface area contributed by atoms with E-state index in [4.69, 9.17) is 4.84 Å². The number of nitrogens with zero attached hydrogens (tertiary/aromatic N) is 5. The number of amides is 2. The number of rotatable bonds is 4. The Morgan fingerprint density at radius 3 is 2.26 bits per heavy atom. The molecule has 0 bridgehead atoms. The van der Waals surface area contributed by atoms with Crippen LogP contribution in [0.1, 0.15) is 18.4 Å². The summed E-state index contributed by atoms with van der Waals surface area (Å²) in [4.78, 5) is 39.4. The largest absolute Gasteiger partial charge is 0.337 e. The fraction of sp³-hybridized carbons (Fsp3) is 0.214. The van der Waals surface area contributed by atoms with Gasteiger partial charge in [-0.25, -0.2) is 4.79 Å². The molecule has 0 spiro atoms. The molecule has 1 aliphatic heterocycles. The van der Waals surface area contributed by atoms with E-state index >= 15 is 0 Å². The molecule has 9 nitrogen and oxygen atoms in total. The highest BCUT2D eigenvalue weighted by Gasteiger charge is 2.32. The summed E-state index contributed by atoms with van der Waals surface area (Å²) in [6.07, 6.45) is 1.30. The fourth-order valence-corrected chi connectivity index (χ4v) is 2.05. The van der Waals surface area contributed by atoms with Gasteiger partial charge >= 0.3 is 5.97 Å². The average Bonchev–Trinajstić information content (AvgIpc) is 2.88. The molecule has 1 aliphatic rings. The Labute approximate surface area is 130 Å². The predicted molar refractivity (Wildman–Crippen MR) is 73.9 cm³/mol. The minimum Gasteiger partial charge on any atom is -0.330 e. The molecule has 0 aliphatic carbocycles. The van der Waals surface area contributed by atoms with Gasteiger partial charge in [-0.3, -0.25) is 9.59 Å². The average molecular weight is 313 g/mol. The number of carbonyl (C=O) groups excluding carboxylic acids is 3. The van der Waals surface area contributed by atoms with Gasteiger partial charge in [0.2, 0.25) is 5.82 Å². The minimum absolute atomic E-state index is 0.0660. The van der Waals surface area contributed by atoms with E-state index in [-0.39, 0.29) is 19.3 Å². The lowest BCUT2D eigenvalue weighted by atomic mass is 10.1. The van der Waals surface area contributed by atoms with Crippen LogP contribution in [0, 0.1) is 0 Å². The molecular formula is C14H11N5O4. The van der Waals surface area contributed by atoms with Crippen LogP contribution < -0.4 is 0 Å². The highest BCUT2D eigenvalue weighted by molar-refractivity contribution is 6.01. The van der Waals surface area contributed by atoms with Crippen molar-refractivity contribution in [2.45, 2.75) is 19.3 Å². The van der Waals surface area contributed by atoms with Crippen LogP contribution in [-0.2, 0) is 25.6 Å². The van der Waals surface area contributed by atoms with Crippen molar-refractivity contribution in [1.82, 2.24) is 25.5 Å². The molecule has 1 fully saturated rings. The Balaban J connectivity index is 1.63. The van der Waals surface area contributed by atoms with Crippen molar-refractivity contribution in [3.63, 3.8) is 0 Å². The number of hydroxylamine groups is 2. The maximum Gasteiger partial charge on any atom is 0.337 e. The summed E-state index contributed by atoms with van der Waals surface area (Å²) < 4.78 is 0. The van der Waals surface area contributed by atoms with Crippen molar-refractivity contribution in [3.8, 4) is 11.4 Å². The molecule has 9 heteroatoms. The summed E-state index contributed by atoms with van der Waals surface area (Å²) in [6, 6.07) is 6.82. The van der Waals surface area contributed by atoms with Crippen molar-refractivity contribution in [2.24, 2.45) is 0 Å². The number of aromatic nitrogens is 4. The third kappa shape index (κ3) is 3.34. The van der Waals surface area contributed by atoms with Crippen molar-refractivity contribution in [1.29, 1.82) is 0 Å². The smallest absolute Gasteiger partial charge is 0.330 e. The van der Waals surface area contributed by atoms with Crippen LogP contribution in [0.4, 0.5) is 0 Å². The summed E-state index contributed by atoms with van der Waals surface area (Å²) in [7, 11) is 0. The number of hydrogen-bond acceptors (Lipinski definition) is 8. The zero-order valence-electron chi connectivity index (χ0n) is 11.9. The number of hydrogen-bond donors (Lipinski definition) is 0. The van der Waals surface area contributed by atoms with Gasteiger partial charge in [0.25, 0.3) is 11.8 Å². The first kappa shape index (κ1) is 14.7. The molecular weight excluding hydrogens is 302 g/mol. The summed E-state index contributed by atoms with van der Waals surface area (Å²) in [5, 5.41) is 15.5. The third-order valence-corrected chi connectivity index (χ3v) is 3.17. The molecule has 0 radical (unpaired) electrons. The van der Waals surface area contributed by atoms with Gasteiger partial charge in [0.15, 0.2) is 6.33 Å². The fourth-order valence-electron chi connectivity index (χ4n) is 2.05. The van der Waals surface area contributed by atoms with Gasteiger partial charge in [0, 0.05) is 18.4 Å². The lowest BCUT2D eigenvalue weighted by molar-refractivity contribution is -0.197. The molecule has 2 heterocycles. The molecule has 0 unspecified atom stereocenters. The zero-order valence-corrected chi connectivity index (χ0v) is 11.9. The van der Waals surface area contributed by atoms with Gasteiger partial charge in [0.1, 0.15) is 0 Å². The maximum atomic E-state index is 11.8. The molecule has 3 rings (SSSR count). The topological polar surface area (TPSA) is 115 Å². The molecule has 1 saturated heterocycles. The SMILES string of the molecule is O=C(Cc1ccc(-c2nncnn2)cc1)ON1C(=O)CCC1=O. The van der Waals surface area contributed by atoms with E-state index < -0.39 is 17.8 Å². The highest BCUT2D eigenvalue weighted by Crippen LogP contribution is 2.16. The van der Waals surface area contributed by atoms with Crippen LogP contribution in [0.15, 0.2) is 30.6 Å². The van der Waals surface area contributed by atoms with Crippen molar-refractivity contribution < 1.29 is 19.2 Å². The molecule has 0 saturated carbocycles. The zero-order chi connectivity index (χ0) is 16.2. The first-order valence-corrected chi connectivity index (χ1v) is 6.80. The molecule has 1 aromatic heterocycles. The van der Waals surface area contributed by atoms with E-state index in [1.54, 1.807) is 24.3 Å². The Morgan fingerprint density at radius 1 is 1.04 bits per heavy atom. The van der Waals surface area contributed by atoms with E-state index in [1.807, 2.05) is 0 Å². The monoisotopic (exact) mass is 313 g/mol. The molecule has 2 aromatic rings. The molecule has 116 valence electrons. The van der Waals surface area contributed by atoms with Crippen molar-refractivity contribution in [3.05, 3.63) is 36.2 Å². The molecule has 2 amide bonds. The van der Waals surface area contributed by atoms with E-state index in [2.05, 4.69) is 20.4 Å². The van der Waals surface area contributed by atoms with E-state index in [1.165, 1.54) is 6.33 Å². The van der Waals surface area contributed by atoms with Gasteiger partial charge < -0.3 is 4.84 Å². The minimum atomic E-state index is -0.680. The maximum absolute atomic E-state index is 11.8. The van der Waals surface area contributed by atoms with Gasteiger partial charge in [0.05, 0.1) is 6.42 Å². The van der Waals surface area contributed by atoms with Crippen LogP contribution in [0.2, 0.25) is 0 Å². The Hall–Kier alpha value is -3.23. The Bertz CT molecular complexity index is 732. The van der Waals surface area contributed by atoms with E-state index in [0.29, 0.717) is 22.0 Å². The third-order valence-electron chi connectivity index (χ3n) is 3.17. The molecule has 0 atom stereocenters. The predicted octanol–water partition coefficient (Wildman–Crippen LogP) is 0.0833. The van der Waals surface area contributed by atoms with Crippen LogP contribution >= 0.6 is 0 Å². The summed E-state index contributed by atoms with van der Waals surface area (Å²) in [6.45, 7) is 0. The lowest BCUT2D eigenvalue weighted by Gasteiger charge is -2.12. The first-order chi connectivity index (χ1) is 11.1. The standard InChI is InChI=1S/C14H11N5O4/c20-11-5-6-12(21)19(11)23-13(22)7-9-1-3-10(4-2-9)14-17-15-8-16-18-14/h1-4,8H,5-7H2. The number of imide groups is 1. The number of benzene rings is 1. The summed E-state index contributed by atoms with van der Waals surface area (Å²) in [5.41, 5.74) is 1.36. The van der Waals surface area contributed by atoms with Crippen LogP contribution in [0.3, 0.4) is 0 Å². The van der Waals surface area contributed by atoms with Gasteiger partial charge in [-0.1, -0.05) is 24.3 Å². The Kier molecular flexibility index (Phi) is 4.00. The van der Waals surface area contributed by atoms with Crippen molar-refractivity contribution >= 4 is 17.8 Å². The quantitative estimate of drug-likeness (QED) is 0.729. The van der Waals surface area contributed by atoms with E-state index in [0.717, 1.165) is 0 Å². The van der Waals surface area contributed by atoms with E-state index in [9.17, 15) is 14.4 Å². The summed E-state index contributed by atoms with van der Waals surface area (Å²) >= 11 is 0. The first-order valence-electron chi connectivity index (χ1n) is 6.80. The van der Waals surface area contributed by atoms with Gasteiger partial charge in [-0.15, -0.1) is 25.5 Å². The molecule has 1 aromatic carbocycles. The van der Waals surface area contributed by atoms with Gasteiger partial charge in [-0.2, -0.15) is 0 Å². The number of carbonyl (C=O) groups is 3.